The van der Waals surface area contributed by atoms with E-state index in [0.717, 1.165) is 12.1 Å². The van der Waals surface area contributed by atoms with Crippen LogP contribution in [0.2, 0.25) is 0 Å². The van der Waals surface area contributed by atoms with E-state index in [0.29, 0.717) is 19.6 Å². The molecule has 2 amide bonds. The van der Waals surface area contributed by atoms with Crippen molar-refractivity contribution in [2.24, 2.45) is 0 Å². The summed E-state index contributed by atoms with van der Waals surface area (Å²) in [6.45, 7) is 1.00. The third kappa shape index (κ3) is 3.85. The standard InChI is InChI=1S/C12H13F3N2O2/c13-12(14,15)8-2-1-3-9(6-8)16-11(18)17-10-4-5-19-7-10/h1-3,6,10H,4-5,7H2,(H2,16,17,18). The third-order valence-electron chi connectivity index (χ3n) is 2.71. The molecule has 104 valence electrons. The summed E-state index contributed by atoms with van der Waals surface area (Å²) < 4.78 is 42.5. The Morgan fingerprint density at radius 3 is 2.79 bits per heavy atom. The Kier molecular flexibility index (Phi) is 3.94. The average Bonchev–Trinajstić information content (AvgIpc) is 2.80. The largest absolute Gasteiger partial charge is 0.416 e. The first-order valence-electron chi connectivity index (χ1n) is 5.77. The second-order valence-corrected chi connectivity index (χ2v) is 4.24. The topological polar surface area (TPSA) is 50.4 Å². The molecule has 2 rings (SSSR count). The van der Waals surface area contributed by atoms with Crippen molar-refractivity contribution in [1.82, 2.24) is 5.32 Å². The number of ether oxygens (including phenoxy) is 1. The SMILES string of the molecule is O=C(Nc1cccc(C(F)(F)F)c1)NC1CCOC1. The normalized spacial score (nSPS) is 19.2. The highest BCUT2D eigenvalue weighted by Crippen LogP contribution is 2.30. The molecule has 0 aromatic heterocycles. The van der Waals surface area contributed by atoms with Crippen LogP contribution in [-0.2, 0) is 10.9 Å². The van der Waals surface area contributed by atoms with Gasteiger partial charge in [-0.25, -0.2) is 4.79 Å². The minimum atomic E-state index is -4.42. The van der Waals surface area contributed by atoms with E-state index in [9.17, 15) is 18.0 Å². The summed E-state index contributed by atoms with van der Waals surface area (Å²) in [5, 5.41) is 5.00. The van der Waals surface area contributed by atoms with Gasteiger partial charge in [0, 0.05) is 12.3 Å². The molecular weight excluding hydrogens is 261 g/mol. The molecule has 0 saturated carbocycles. The number of halogens is 3. The predicted octanol–water partition coefficient (Wildman–Crippen LogP) is 2.62. The van der Waals surface area contributed by atoms with Gasteiger partial charge >= 0.3 is 12.2 Å². The van der Waals surface area contributed by atoms with Crippen LogP contribution in [0.5, 0.6) is 0 Å². The first kappa shape index (κ1) is 13.7. The number of amides is 2. The smallest absolute Gasteiger partial charge is 0.379 e. The number of carbonyl (C=O) groups is 1. The first-order chi connectivity index (χ1) is 8.95. The zero-order valence-electron chi connectivity index (χ0n) is 9.96. The summed E-state index contributed by atoms with van der Waals surface area (Å²) in [5.41, 5.74) is -0.694. The highest BCUT2D eigenvalue weighted by Gasteiger charge is 2.30. The lowest BCUT2D eigenvalue weighted by Gasteiger charge is -2.13. The average molecular weight is 274 g/mol. The van der Waals surface area contributed by atoms with Crippen LogP contribution >= 0.6 is 0 Å². The summed E-state index contributed by atoms with van der Waals surface area (Å²) in [7, 11) is 0. The van der Waals surface area contributed by atoms with Crippen molar-refractivity contribution in [1.29, 1.82) is 0 Å². The van der Waals surface area contributed by atoms with Crippen molar-refractivity contribution >= 4 is 11.7 Å². The lowest BCUT2D eigenvalue weighted by Crippen LogP contribution is -2.38. The number of carbonyl (C=O) groups excluding carboxylic acids is 1. The molecule has 1 aromatic carbocycles. The van der Waals surface area contributed by atoms with Crippen LogP contribution in [-0.4, -0.2) is 25.3 Å². The fraction of sp³-hybridized carbons (Fsp3) is 0.417. The van der Waals surface area contributed by atoms with E-state index in [1.54, 1.807) is 0 Å². The molecule has 1 heterocycles. The summed E-state index contributed by atoms with van der Waals surface area (Å²) in [6.07, 6.45) is -3.72. The molecule has 1 aliphatic rings. The molecule has 1 atom stereocenters. The Balaban J connectivity index is 1.96. The van der Waals surface area contributed by atoms with E-state index in [1.165, 1.54) is 12.1 Å². The van der Waals surface area contributed by atoms with Gasteiger partial charge in [-0.1, -0.05) is 6.07 Å². The summed E-state index contributed by atoms with van der Waals surface area (Å²) >= 11 is 0. The molecule has 7 heteroatoms. The number of alkyl halides is 3. The van der Waals surface area contributed by atoms with Gasteiger partial charge in [-0.3, -0.25) is 0 Å². The Hall–Kier alpha value is -1.76. The van der Waals surface area contributed by atoms with Gasteiger partial charge in [0.25, 0.3) is 0 Å². The second kappa shape index (κ2) is 5.48. The fourth-order valence-corrected chi connectivity index (χ4v) is 1.77. The molecule has 1 fully saturated rings. The van der Waals surface area contributed by atoms with Gasteiger partial charge < -0.3 is 15.4 Å². The molecule has 0 aliphatic carbocycles. The molecular formula is C12H13F3N2O2. The van der Waals surface area contributed by atoms with Crippen molar-refractivity contribution in [3.8, 4) is 0 Å². The highest BCUT2D eigenvalue weighted by atomic mass is 19.4. The molecule has 1 aromatic rings. The van der Waals surface area contributed by atoms with Crippen molar-refractivity contribution in [3.05, 3.63) is 29.8 Å². The maximum absolute atomic E-state index is 12.5. The summed E-state index contributed by atoms with van der Waals surface area (Å²) in [5.74, 6) is 0. The Morgan fingerprint density at radius 2 is 2.16 bits per heavy atom. The number of nitrogens with one attached hydrogen (secondary N) is 2. The van der Waals surface area contributed by atoms with Crippen LogP contribution < -0.4 is 10.6 Å². The van der Waals surface area contributed by atoms with Gasteiger partial charge in [0.1, 0.15) is 0 Å². The second-order valence-electron chi connectivity index (χ2n) is 4.24. The zero-order chi connectivity index (χ0) is 13.9. The van der Waals surface area contributed by atoms with E-state index in [2.05, 4.69) is 10.6 Å². The van der Waals surface area contributed by atoms with Crippen LogP contribution in [0.15, 0.2) is 24.3 Å². The molecule has 0 spiro atoms. The summed E-state index contributed by atoms with van der Waals surface area (Å²) in [4.78, 5) is 11.6. The van der Waals surface area contributed by atoms with Crippen LogP contribution in [0.3, 0.4) is 0 Å². The summed E-state index contributed by atoms with van der Waals surface area (Å²) in [6, 6.07) is 3.87. The zero-order valence-corrected chi connectivity index (χ0v) is 9.96. The van der Waals surface area contributed by atoms with E-state index in [1.807, 2.05) is 0 Å². The molecule has 1 saturated heterocycles. The lowest BCUT2D eigenvalue weighted by atomic mass is 10.2. The van der Waals surface area contributed by atoms with Crippen molar-refractivity contribution in [3.63, 3.8) is 0 Å². The molecule has 2 N–H and O–H groups in total. The van der Waals surface area contributed by atoms with Crippen molar-refractivity contribution < 1.29 is 22.7 Å². The lowest BCUT2D eigenvalue weighted by molar-refractivity contribution is -0.137. The molecule has 0 radical (unpaired) electrons. The van der Waals surface area contributed by atoms with Crippen LogP contribution in [0.25, 0.3) is 0 Å². The van der Waals surface area contributed by atoms with E-state index in [4.69, 9.17) is 4.74 Å². The third-order valence-corrected chi connectivity index (χ3v) is 2.71. The van der Waals surface area contributed by atoms with Gasteiger partial charge in [-0.05, 0) is 24.6 Å². The van der Waals surface area contributed by atoms with Gasteiger partial charge in [0.15, 0.2) is 0 Å². The molecule has 0 bridgehead atoms. The van der Waals surface area contributed by atoms with Gasteiger partial charge in [0.2, 0.25) is 0 Å². The monoisotopic (exact) mass is 274 g/mol. The fourth-order valence-electron chi connectivity index (χ4n) is 1.77. The van der Waals surface area contributed by atoms with E-state index < -0.39 is 17.8 Å². The van der Waals surface area contributed by atoms with Gasteiger partial charge in [-0.2, -0.15) is 13.2 Å². The maximum atomic E-state index is 12.5. The molecule has 1 unspecified atom stereocenters. The predicted molar refractivity (Wildman–Crippen MR) is 62.8 cm³/mol. The van der Waals surface area contributed by atoms with Crippen molar-refractivity contribution in [2.75, 3.05) is 18.5 Å². The van der Waals surface area contributed by atoms with E-state index in [-0.39, 0.29) is 11.7 Å². The molecule has 19 heavy (non-hydrogen) atoms. The molecule has 1 aliphatic heterocycles. The van der Waals surface area contributed by atoms with Crippen LogP contribution in [0.4, 0.5) is 23.7 Å². The Bertz CT molecular complexity index is 457. The first-order valence-corrected chi connectivity index (χ1v) is 5.77. The van der Waals surface area contributed by atoms with E-state index >= 15 is 0 Å². The minimum absolute atomic E-state index is 0.0919. The maximum Gasteiger partial charge on any atom is 0.416 e. The number of hydrogen-bond donors (Lipinski definition) is 2. The van der Waals surface area contributed by atoms with Crippen LogP contribution in [0, 0.1) is 0 Å². The number of anilines is 1. The van der Waals surface area contributed by atoms with Crippen molar-refractivity contribution in [2.45, 2.75) is 18.6 Å². The Morgan fingerprint density at radius 1 is 1.37 bits per heavy atom. The van der Waals surface area contributed by atoms with Crippen LogP contribution in [0.1, 0.15) is 12.0 Å². The quantitative estimate of drug-likeness (QED) is 0.871. The minimum Gasteiger partial charge on any atom is -0.379 e. The number of benzene rings is 1. The van der Waals surface area contributed by atoms with Gasteiger partial charge in [-0.15, -0.1) is 0 Å². The molecule has 4 nitrogen and oxygen atoms in total. The number of rotatable bonds is 2. The van der Waals surface area contributed by atoms with Gasteiger partial charge in [0.05, 0.1) is 18.2 Å². The Labute approximate surface area is 107 Å². The number of urea groups is 1. The highest BCUT2D eigenvalue weighted by molar-refractivity contribution is 5.89. The number of hydrogen-bond acceptors (Lipinski definition) is 2.